The van der Waals surface area contributed by atoms with E-state index in [1.165, 1.54) is 0 Å². The van der Waals surface area contributed by atoms with Crippen LogP contribution in [-0.2, 0) is 0 Å². The second-order valence-electron chi connectivity index (χ2n) is 2.62. The number of halogens is 1. The second-order valence-corrected chi connectivity index (χ2v) is 2.84. The van der Waals surface area contributed by atoms with Crippen molar-refractivity contribution in [1.82, 2.24) is 4.98 Å². The summed E-state index contributed by atoms with van der Waals surface area (Å²) in [5.41, 5.74) is 0. The van der Waals surface area contributed by atoms with Crippen LogP contribution >= 0.6 is 11.6 Å². The number of rotatable bonds is 2. The van der Waals surface area contributed by atoms with Crippen molar-refractivity contribution in [2.75, 3.05) is 6.07 Å². The third-order valence-electron chi connectivity index (χ3n) is 1.81. The Kier molecular flexibility index (Phi) is 2.32. The van der Waals surface area contributed by atoms with Gasteiger partial charge in [-0.05, 0) is 5.39 Å². The van der Waals surface area contributed by atoms with Gasteiger partial charge in [-0.2, -0.15) is 0 Å². The van der Waals surface area contributed by atoms with Crippen molar-refractivity contribution < 1.29 is 4.74 Å². The Morgan fingerprint density at radius 2 is 2.00 bits per heavy atom. The molecule has 0 spiro atoms. The van der Waals surface area contributed by atoms with Crippen LogP contribution in [0.25, 0.3) is 10.8 Å². The summed E-state index contributed by atoms with van der Waals surface area (Å²) in [6, 6.07) is 9.98. The molecule has 0 aliphatic rings. The summed E-state index contributed by atoms with van der Waals surface area (Å²) < 4.78 is 5.07. The standard InChI is InChI=1S/C10H8ClNO/c11-7-13-10-5-8-3-1-2-4-9(8)6-12-10/h1-6H,7H2. The predicted octanol–water partition coefficient (Wildman–Crippen LogP) is 2.81. The molecule has 0 N–H and O–H groups in total. The minimum Gasteiger partial charge on any atom is -0.461 e. The lowest BCUT2D eigenvalue weighted by atomic mass is 10.2. The number of nitrogens with zero attached hydrogens (tertiary/aromatic N) is 1. The largest absolute Gasteiger partial charge is 0.461 e. The van der Waals surface area contributed by atoms with E-state index in [9.17, 15) is 0 Å². The van der Waals surface area contributed by atoms with Crippen molar-refractivity contribution >= 4 is 22.4 Å². The van der Waals surface area contributed by atoms with E-state index in [0.717, 1.165) is 10.8 Å². The van der Waals surface area contributed by atoms with Crippen LogP contribution in [0.4, 0.5) is 0 Å². The lowest BCUT2D eigenvalue weighted by molar-refractivity contribution is 0.373. The molecule has 1 aromatic carbocycles. The summed E-state index contributed by atoms with van der Waals surface area (Å²) in [5.74, 6) is 0.564. The zero-order chi connectivity index (χ0) is 9.10. The highest BCUT2D eigenvalue weighted by Gasteiger charge is 1.96. The fourth-order valence-corrected chi connectivity index (χ4v) is 1.31. The number of hydrogen-bond donors (Lipinski definition) is 0. The lowest BCUT2D eigenvalue weighted by Crippen LogP contribution is -1.91. The summed E-state index contributed by atoms with van der Waals surface area (Å²) in [4.78, 5) is 4.09. The van der Waals surface area contributed by atoms with Crippen LogP contribution < -0.4 is 4.74 Å². The second kappa shape index (κ2) is 3.62. The average molecular weight is 194 g/mol. The molecular formula is C10H8ClNO. The molecule has 0 amide bonds. The summed E-state index contributed by atoms with van der Waals surface area (Å²) >= 11 is 5.43. The highest BCUT2D eigenvalue weighted by atomic mass is 35.5. The Hall–Kier alpha value is -1.28. The maximum atomic E-state index is 5.43. The van der Waals surface area contributed by atoms with Crippen molar-refractivity contribution in [3.8, 4) is 5.88 Å². The normalized spacial score (nSPS) is 10.2. The van der Waals surface area contributed by atoms with E-state index in [-0.39, 0.29) is 6.07 Å². The minimum atomic E-state index is 0.130. The molecule has 0 fully saturated rings. The topological polar surface area (TPSA) is 22.1 Å². The van der Waals surface area contributed by atoms with Crippen molar-refractivity contribution in [3.63, 3.8) is 0 Å². The first-order valence-corrected chi connectivity index (χ1v) is 4.47. The first-order valence-electron chi connectivity index (χ1n) is 3.94. The van der Waals surface area contributed by atoms with Gasteiger partial charge in [0.25, 0.3) is 0 Å². The van der Waals surface area contributed by atoms with Crippen LogP contribution in [0.5, 0.6) is 5.88 Å². The maximum Gasteiger partial charge on any atom is 0.215 e. The zero-order valence-corrected chi connectivity index (χ0v) is 7.66. The molecule has 0 saturated heterocycles. The molecule has 0 unspecified atom stereocenters. The molecule has 66 valence electrons. The molecule has 0 aliphatic heterocycles. The molecule has 2 aromatic rings. The van der Waals surface area contributed by atoms with Gasteiger partial charge in [-0.1, -0.05) is 35.9 Å². The lowest BCUT2D eigenvalue weighted by Gasteiger charge is -2.01. The van der Waals surface area contributed by atoms with Gasteiger partial charge < -0.3 is 4.74 Å². The molecule has 3 heteroatoms. The van der Waals surface area contributed by atoms with Crippen LogP contribution in [0.15, 0.2) is 36.5 Å². The first-order chi connectivity index (χ1) is 6.40. The number of hydrogen-bond acceptors (Lipinski definition) is 2. The SMILES string of the molecule is ClCOc1cc2ccccc2cn1. The third kappa shape index (κ3) is 1.73. The Morgan fingerprint density at radius 1 is 1.23 bits per heavy atom. The first kappa shape index (κ1) is 8.32. The summed E-state index contributed by atoms with van der Waals surface area (Å²) in [5, 5.41) is 2.21. The van der Waals surface area contributed by atoms with Crippen LogP contribution in [0, 0.1) is 0 Å². The molecule has 0 saturated carbocycles. The number of ether oxygens (including phenoxy) is 1. The molecule has 0 radical (unpaired) electrons. The van der Waals surface area contributed by atoms with Crippen LogP contribution in [0.1, 0.15) is 0 Å². The summed E-state index contributed by atoms with van der Waals surface area (Å²) in [7, 11) is 0. The molecule has 0 bridgehead atoms. The highest BCUT2D eigenvalue weighted by molar-refractivity contribution is 6.17. The molecule has 13 heavy (non-hydrogen) atoms. The number of alkyl halides is 1. The van der Waals surface area contributed by atoms with Crippen LogP contribution in [0.3, 0.4) is 0 Å². The van der Waals surface area contributed by atoms with Gasteiger partial charge in [-0.15, -0.1) is 0 Å². The predicted molar refractivity (Wildman–Crippen MR) is 53.1 cm³/mol. The van der Waals surface area contributed by atoms with E-state index in [1.54, 1.807) is 6.20 Å². The summed E-state index contributed by atoms with van der Waals surface area (Å²) in [6.45, 7) is 0. The molecule has 0 atom stereocenters. The smallest absolute Gasteiger partial charge is 0.215 e. The van der Waals surface area contributed by atoms with Gasteiger partial charge in [0.15, 0.2) is 6.07 Å². The van der Waals surface area contributed by atoms with Crippen LogP contribution in [-0.4, -0.2) is 11.1 Å². The zero-order valence-electron chi connectivity index (χ0n) is 6.90. The molecular weight excluding hydrogens is 186 g/mol. The highest BCUT2D eigenvalue weighted by Crippen LogP contribution is 2.17. The molecule has 1 aromatic heterocycles. The number of fused-ring (bicyclic) bond motifs is 1. The average Bonchev–Trinajstić information content (AvgIpc) is 2.18. The van der Waals surface area contributed by atoms with Crippen molar-refractivity contribution in [3.05, 3.63) is 36.5 Å². The minimum absolute atomic E-state index is 0.130. The Balaban J connectivity index is 2.49. The number of benzene rings is 1. The fourth-order valence-electron chi connectivity index (χ4n) is 1.20. The van der Waals surface area contributed by atoms with Gasteiger partial charge in [-0.25, -0.2) is 4.98 Å². The Morgan fingerprint density at radius 3 is 2.77 bits per heavy atom. The van der Waals surface area contributed by atoms with Gasteiger partial charge in [0, 0.05) is 17.6 Å². The van der Waals surface area contributed by atoms with E-state index in [1.807, 2.05) is 30.3 Å². The van der Waals surface area contributed by atoms with Gasteiger partial charge in [0.2, 0.25) is 5.88 Å². The summed E-state index contributed by atoms with van der Waals surface area (Å²) in [6.07, 6.45) is 1.78. The van der Waals surface area contributed by atoms with E-state index >= 15 is 0 Å². The quantitative estimate of drug-likeness (QED) is 0.685. The van der Waals surface area contributed by atoms with Gasteiger partial charge >= 0.3 is 0 Å². The number of aromatic nitrogens is 1. The van der Waals surface area contributed by atoms with Crippen LogP contribution in [0.2, 0.25) is 0 Å². The van der Waals surface area contributed by atoms with E-state index in [4.69, 9.17) is 16.3 Å². The van der Waals surface area contributed by atoms with Gasteiger partial charge in [0.05, 0.1) is 0 Å². The van der Waals surface area contributed by atoms with E-state index < -0.39 is 0 Å². The Labute approximate surface area is 81.1 Å². The van der Waals surface area contributed by atoms with Gasteiger partial charge in [-0.3, -0.25) is 0 Å². The molecule has 2 rings (SSSR count). The third-order valence-corrected chi connectivity index (χ3v) is 1.92. The van der Waals surface area contributed by atoms with Crippen molar-refractivity contribution in [1.29, 1.82) is 0 Å². The van der Waals surface area contributed by atoms with Gasteiger partial charge in [0.1, 0.15) is 0 Å². The monoisotopic (exact) mass is 193 g/mol. The van der Waals surface area contributed by atoms with Crippen molar-refractivity contribution in [2.45, 2.75) is 0 Å². The molecule has 2 nitrogen and oxygen atoms in total. The molecule has 1 heterocycles. The maximum absolute atomic E-state index is 5.43. The Bertz CT molecular complexity index is 416. The number of pyridine rings is 1. The van der Waals surface area contributed by atoms with E-state index in [0.29, 0.717) is 5.88 Å². The fraction of sp³-hybridized carbons (Fsp3) is 0.100. The van der Waals surface area contributed by atoms with Crippen molar-refractivity contribution in [2.24, 2.45) is 0 Å². The van der Waals surface area contributed by atoms with E-state index in [2.05, 4.69) is 4.98 Å². The molecule has 0 aliphatic carbocycles.